The van der Waals surface area contributed by atoms with Crippen LogP contribution in [0.25, 0.3) is 6.08 Å². The van der Waals surface area contributed by atoms with Crippen LogP contribution in [0.2, 0.25) is 5.02 Å². The molecular weight excluding hydrogens is 424 g/mol. The van der Waals surface area contributed by atoms with E-state index in [1.807, 2.05) is 25.1 Å². The first kappa shape index (κ1) is 24.1. The van der Waals surface area contributed by atoms with Crippen LogP contribution < -0.4 is 4.74 Å². The molecule has 0 amide bonds. The van der Waals surface area contributed by atoms with Crippen molar-refractivity contribution in [3.63, 3.8) is 0 Å². The van der Waals surface area contributed by atoms with E-state index in [1.54, 1.807) is 30.3 Å². The van der Waals surface area contributed by atoms with Crippen LogP contribution in [0, 0.1) is 12.3 Å². The molecule has 1 N–H and O–H groups in total. The van der Waals surface area contributed by atoms with E-state index < -0.39 is 12.1 Å². The number of ketones is 1. The Morgan fingerprint density at radius 2 is 1.81 bits per heavy atom. The lowest BCUT2D eigenvalue weighted by atomic mass is 9.72. The predicted molar refractivity (Wildman–Crippen MR) is 128 cm³/mol. The van der Waals surface area contributed by atoms with Crippen molar-refractivity contribution in [3.8, 4) is 5.75 Å². The maximum Gasteiger partial charge on any atom is 0.344 e. The zero-order chi connectivity index (χ0) is 23.1. The lowest BCUT2D eigenvalue weighted by Crippen LogP contribution is -2.30. The molecule has 1 saturated carbocycles. The van der Waals surface area contributed by atoms with Crippen LogP contribution in [0.15, 0.2) is 48.5 Å². The molecule has 1 atom stereocenters. The zero-order valence-electron chi connectivity index (χ0n) is 18.8. The minimum Gasteiger partial charge on any atom is -0.479 e. The molecule has 0 saturated heterocycles. The number of allylic oxidation sites excluding steroid dienone is 1. The second kappa shape index (κ2) is 10.8. The van der Waals surface area contributed by atoms with Gasteiger partial charge in [-0.1, -0.05) is 67.6 Å². The fraction of sp³-hybridized carbons (Fsp3) is 0.407. The average Bonchev–Trinajstić information content (AvgIpc) is 2.77. The van der Waals surface area contributed by atoms with Gasteiger partial charge in [0.25, 0.3) is 0 Å². The predicted octanol–water partition coefficient (Wildman–Crippen LogP) is 7.13. The van der Waals surface area contributed by atoms with Gasteiger partial charge >= 0.3 is 5.97 Å². The zero-order valence-corrected chi connectivity index (χ0v) is 19.5. The van der Waals surface area contributed by atoms with E-state index in [-0.39, 0.29) is 11.2 Å². The van der Waals surface area contributed by atoms with Crippen molar-refractivity contribution in [2.75, 3.05) is 0 Å². The number of carbonyl (C=O) groups is 2. The Labute approximate surface area is 195 Å². The first-order valence-electron chi connectivity index (χ1n) is 11.2. The molecule has 5 heteroatoms. The molecule has 0 aromatic heterocycles. The molecule has 3 rings (SSSR count). The smallest absolute Gasteiger partial charge is 0.344 e. The molecule has 1 unspecified atom stereocenters. The maximum absolute atomic E-state index is 12.9. The summed E-state index contributed by atoms with van der Waals surface area (Å²) in [5.41, 5.74) is 2.29. The molecule has 170 valence electrons. The molecule has 2 aromatic carbocycles. The van der Waals surface area contributed by atoms with Crippen LogP contribution in [-0.2, 0) is 4.79 Å². The molecule has 0 spiro atoms. The fourth-order valence-electron chi connectivity index (χ4n) is 4.30. The van der Waals surface area contributed by atoms with E-state index in [4.69, 9.17) is 16.3 Å². The first-order valence-corrected chi connectivity index (χ1v) is 11.6. The standard InChI is InChI=1S/C27H31ClO4/c1-19-6-13-24(22(18-19)23(29)12-9-20-7-10-21(28)11-8-20)32-25(26(30)31)14-17-27(2)15-4-3-5-16-27/h6-13,18,25H,3-5,14-17H2,1-2H3,(H,30,31)/b12-9+. The van der Waals surface area contributed by atoms with Crippen molar-refractivity contribution in [1.29, 1.82) is 0 Å². The molecule has 32 heavy (non-hydrogen) atoms. The van der Waals surface area contributed by atoms with E-state index >= 15 is 0 Å². The Balaban J connectivity index is 1.75. The fourth-order valence-corrected chi connectivity index (χ4v) is 4.42. The van der Waals surface area contributed by atoms with E-state index in [0.29, 0.717) is 22.8 Å². The number of carboxylic acids is 1. The number of aliphatic carboxylic acids is 1. The molecular formula is C27H31ClO4. The first-order chi connectivity index (χ1) is 15.3. The molecule has 1 fully saturated rings. The van der Waals surface area contributed by atoms with E-state index in [0.717, 1.165) is 30.4 Å². The highest BCUT2D eigenvalue weighted by molar-refractivity contribution is 6.30. The number of aryl methyl sites for hydroxylation is 1. The third-order valence-electron chi connectivity index (χ3n) is 6.31. The number of rotatable bonds is 9. The Morgan fingerprint density at radius 1 is 1.12 bits per heavy atom. The van der Waals surface area contributed by atoms with Crippen LogP contribution in [0.1, 0.15) is 73.4 Å². The Morgan fingerprint density at radius 3 is 2.47 bits per heavy atom. The highest BCUT2D eigenvalue weighted by atomic mass is 35.5. The number of hydrogen-bond donors (Lipinski definition) is 1. The highest BCUT2D eigenvalue weighted by Gasteiger charge is 2.30. The maximum atomic E-state index is 12.9. The van der Waals surface area contributed by atoms with Gasteiger partial charge in [-0.3, -0.25) is 4.79 Å². The van der Waals surface area contributed by atoms with Gasteiger partial charge in [0.15, 0.2) is 11.9 Å². The highest BCUT2D eigenvalue weighted by Crippen LogP contribution is 2.40. The summed E-state index contributed by atoms with van der Waals surface area (Å²) in [6.45, 7) is 4.13. The van der Waals surface area contributed by atoms with E-state index in [9.17, 15) is 14.7 Å². The van der Waals surface area contributed by atoms with Crippen LogP contribution >= 0.6 is 11.6 Å². The number of halogens is 1. The summed E-state index contributed by atoms with van der Waals surface area (Å²) in [5, 5.41) is 10.4. The quantitative estimate of drug-likeness (QED) is 0.323. The van der Waals surface area contributed by atoms with Gasteiger partial charge < -0.3 is 9.84 Å². The molecule has 1 aliphatic rings. The topological polar surface area (TPSA) is 63.6 Å². The molecule has 0 bridgehead atoms. The van der Waals surface area contributed by atoms with Crippen molar-refractivity contribution >= 4 is 29.4 Å². The van der Waals surface area contributed by atoms with Crippen LogP contribution in [0.3, 0.4) is 0 Å². The number of benzene rings is 2. The molecule has 0 heterocycles. The van der Waals surface area contributed by atoms with Gasteiger partial charge in [0.05, 0.1) is 5.56 Å². The van der Waals surface area contributed by atoms with Crippen molar-refractivity contribution in [2.24, 2.45) is 5.41 Å². The second-order valence-electron chi connectivity index (χ2n) is 9.10. The van der Waals surface area contributed by atoms with Crippen molar-refractivity contribution in [3.05, 3.63) is 70.3 Å². The summed E-state index contributed by atoms with van der Waals surface area (Å²) in [7, 11) is 0. The van der Waals surface area contributed by atoms with Gasteiger partial charge in [-0.25, -0.2) is 4.79 Å². The third-order valence-corrected chi connectivity index (χ3v) is 6.57. The number of carbonyl (C=O) groups excluding carboxylic acids is 1. The minimum atomic E-state index is -1.000. The number of ether oxygens (including phenoxy) is 1. The largest absolute Gasteiger partial charge is 0.479 e. The summed E-state index contributed by atoms with van der Waals surface area (Å²) in [5.74, 6) is -0.926. The molecule has 0 radical (unpaired) electrons. The van der Waals surface area contributed by atoms with Gasteiger partial charge in [-0.15, -0.1) is 0 Å². The molecule has 0 aliphatic heterocycles. The second-order valence-corrected chi connectivity index (χ2v) is 9.54. The Hall–Kier alpha value is -2.59. The third kappa shape index (κ3) is 6.70. The van der Waals surface area contributed by atoms with Crippen molar-refractivity contribution in [1.82, 2.24) is 0 Å². The van der Waals surface area contributed by atoms with Gasteiger partial charge in [0.1, 0.15) is 5.75 Å². The molecule has 1 aliphatic carbocycles. The van der Waals surface area contributed by atoms with Gasteiger partial charge in [0, 0.05) is 5.02 Å². The van der Waals surface area contributed by atoms with Gasteiger partial charge in [-0.05, 0) is 73.9 Å². The minimum absolute atomic E-state index is 0.169. The lowest BCUT2D eigenvalue weighted by Gasteiger charge is -2.34. The summed E-state index contributed by atoms with van der Waals surface area (Å²) >= 11 is 5.91. The number of hydrogen-bond acceptors (Lipinski definition) is 3. The lowest BCUT2D eigenvalue weighted by molar-refractivity contribution is -0.145. The normalized spacial score (nSPS) is 16.6. The average molecular weight is 455 g/mol. The Bertz CT molecular complexity index is 972. The molecule has 4 nitrogen and oxygen atoms in total. The van der Waals surface area contributed by atoms with Crippen LogP contribution in [0.5, 0.6) is 5.75 Å². The Kier molecular flexibility index (Phi) is 8.14. The summed E-state index contributed by atoms with van der Waals surface area (Å²) in [4.78, 5) is 24.9. The summed E-state index contributed by atoms with van der Waals surface area (Å²) in [6, 6.07) is 12.4. The monoisotopic (exact) mass is 454 g/mol. The summed E-state index contributed by atoms with van der Waals surface area (Å²) < 4.78 is 5.92. The van der Waals surface area contributed by atoms with Gasteiger partial charge in [-0.2, -0.15) is 0 Å². The summed E-state index contributed by atoms with van der Waals surface area (Å²) in [6.07, 6.45) is 9.34. The van der Waals surface area contributed by atoms with E-state index in [1.165, 1.54) is 25.3 Å². The van der Waals surface area contributed by atoms with Crippen molar-refractivity contribution < 1.29 is 19.4 Å². The van der Waals surface area contributed by atoms with Crippen LogP contribution in [-0.4, -0.2) is 23.0 Å². The molecule has 2 aromatic rings. The van der Waals surface area contributed by atoms with Gasteiger partial charge in [0.2, 0.25) is 0 Å². The van der Waals surface area contributed by atoms with Crippen LogP contribution in [0.4, 0.5) is 0 Å². The van der Waals surface area contributed by atoms with E-state index in [2.05, 4.69) is 6.92 Å². The SMILES string of the molecule is Cc1ccc(OC(CCC2(C)CCCCC2)C(=O)O)c(C(=O)/C=C/c2ccc(Cl)cc2)c1. The number of carboxylic acid groups (broad SMARTS) is 1. The van der Waals surface area contributed by atoms with Crippen molar-refractivity contribution in [2.45, 2.75) is 64.9 Å².